The van der Waals surface area contributed by atoms with Crippen molar-refractivity contribution in [3.8, 4) is 6.07 Å². The molecule has 1 saturated carbocycles. The van der Waals surface area contributed by atoms with E-state index in [1.165, 1.54) is 18.6 Å². The van der Waals surface area contributed by atoms with E-state index in [-0.39, 0.29) is 5.69 Å². The number of anilines is 1. The number of hydrogen-bond donors (Lipinski definition) is 1. The van der Waals surface area contributed by atoms with Crippen LogP contribution in [0.1, 0.15) is 24.8 Å². The molecule has 1 aromatic rings. The standard InChI is InChI=1S/C11H11N3O2/c12-7-8-6-10(14(15)16)4-5-11(8)13-9-2-1-3-9/h4-6,9,13H,1-3H2. The lowest BCUT2D eigenvalue weighted by atomic mass is 9.92. The monoisotopic (exact) mass is 217 g/mol. The van der Waals surface area contributed by atoms with E-state index < -0.39 is 4.92 Å². The zero-order valence-corrected chi connectivity index (χ0v) is 8.64. The maximum atomic E-state index is 10.5. The average Bonchev–Trinajstić information content (AvgIpc) is 2.23. The molecule has 1 aromatic carbocycles. The molecular formula is C11H11N3O2. The summed E-state index contributed by atoms with van der Waals surface area (Å²) in [5.74, 6) is 0. The van der Waals surface area contributed by atoms with E-state index in [0.717, 1.165) is 12.8 Å². The molecule has 0 spiro atoms. The minimum absolute atomic E-state index is 0.0456. The Labute approximate surface area is 92.8 Å². The fraction of sp³-hybridized carbons (Fsp3) is 0.364. The molecule has 2 rings (SSSR count). The smallest absolute Gasteiger partial charge is 0.270 e. The molecule has 0 radical (unpaired) electrons. The third-order valence-electron chi connectivity index (χ3n) is 2.80. The molecule has 0 bridgehead atoms. The zero-order chi connectivity index (χ0) is 11.5. The predicted molar refractivity (Wildman–Crippen MR) is 59.1 cm³/mol. The van der Waals surface area contributed by atoms with Gasteiger partial charge in [0, 0.05) is 18.2 Å². The molecule has 0 atom stereocenters. The molecule has 0 amide bonds. The van der Waals surface area contributed by atoms with E-state index >= 15 is 0 Å². The van der Waals surface area contributed by atoms with Gasteiger partial charge < -0.3 is 5.32 Å². The summed E-state index contributed by atoms with van der Waals surface area (Å²) in [6, 6.07) is 6.72. The van der Waals surface area contributed by atoms with Gasteiger partial charge in [0.1, 0.15) is 6.07 Å². The van der Waals surface area contributed by atoms with Gasteiger partial charge in [-0.25, -0.2) is 0 Å². The number of benzene rings is 1. The normalized spacial score (nSPS) is 14.9. The first-order chi connectivity index (χ1) is 7.70. The minimum Gasteiger partial charge on any atom is -0.381 e. The van der Waals surface area contributed by atoms with Crippen molar-refractivity contribution in [2.24, 2.45) is 0 Å². The molecule has 0 heterocycles. The van der Waals surface area contributed by atoms with E-state index in [4.69, 9.17) is 5.26 Å². The number of nitriles is 1. The van der Waals surface area contributed by atoms with Gasteiger partial charge in [-0.05, 0) is 25.3 Å². The molecule has 1 aliphatic rings. The van der Waals surface area contributed by atoms with Crippen molar-refractivity contribution in [3.63, 3.8) is 0 Å². The summed E-state index contributed by atoms with van der Waals surface area (Å²) >= 11 is 0. The number of nitrogens with one attached hydrogen (secondary N) is 1. The van der Waals surface area contributed by atoms with Gasteiger partial charge in [0.2, 0.25) is 0 Å². The van der Waals surface area contributed by atoms with Crippen molar-refractivity contribution >= 4 is 11.4 Å². The molecule has 82 valence electrons. The Hall–Kier alpha value is -2.09. The summed E-state index contributed by atoms with van der Waals surface area (Å²) in [5, 5.41) is 22.7. The van der Waals surface area contributed by atoms with Crippen LogP contribution in [0.4, 0.5) is 11.4 Å². The molecule has 5 heteroatoms. The second-order valence-corrected chi connectivity index (χ2v) is 3.87. The molecule has 0 unspecified atom stereocenters. The van der Waals surface area contributed by atoms with Gasteiger partial charge in [-0.3, -0.25) is 10.1 Å². The third-order valence-corrected chi connectivity index (χ3v) is 2.80. The molecule has 5 nitrogen and oxygen atoms in total. The van der Waals surface area contributed by atoms with Gasteiger partial charge >= 0.3 is 0 Å². The maximum absolute atomic E-state index is 10.5. The predicted octanol–water partition coefficient (Wildman–Crippen LogP) is 2.43. The Kier molecular flexibility index (Phi) is 2.73. The first-order valence-electron chi connectivity index (χ1n) is 5.16. The largest absolute Gasteiger partial charge is 0.381 e. The lowest BCUT2D eigenvalue weighted by Crippen LogP contribution is -2.27. The number of nitrogens with zero attached hydrogens (tertiary/aromatic N) is 2. The summed E-state index contributed by atoms with van der Waals surface area (Å²) in [4.78, 5) is 10.1. The maximum Gasteiger partial charge on any atom is 0.270 e. The molecular weight excluding hydrogens is 206 g/mol. The summed E-state index contributed by atoms with van der Waals surface area (Å²) in [5.41, 5.74) is 0.981. The fourth-order valence-electron chi connectivity index (χ4n) is 1.64. The van der Waals surface area contributed by atoms with Crippen molar-refractivity contribution in [1.82, 2.24) is 0 Å². The van der Waals surface area contributed by atoms with E-state index in [0.29, 0.717) is 17.3 Å². The lowest BCUT2D eigenvalue weighted by molar-refractivity contribution is -0.384. The fourth-order valence-corrected chi connectivity index (χ4v) is 1.64. The van der Waals surface area contributed by atoms with Crippen molar-refractivity contribution in [2.45, 2.75) is 25.3 Å². The summed E-state index contributed by atoms with van der Waals surface area (Å²) in [6.07, 6.45) is 3.40. The minimum atomic E-state index is -0.492. The molecule has 0 aliphatic heterocycles. The molecule has 16 heavy (non-hydrogen) atoms. The number of nitro benzene ring substituents is 1. The highest BCUT2D eigenvalue weighted by molar-refractivity contribution is 5.61. The van der Waals surface area contributed by atoms with Crippen LogP contribution in [0.25, 0.3) is 0 Å². The van der Waals surface area contributed by atoms with Crippen molar-refractivity contribution in [1.29, 1.82) is 5.26 Å². The first-order valence-corrected chi connectivity index (χ1v) is 5.16. The Morgan fingerprint density at radius 3 is 2.75 bits per heavy atom. The first kappa shape index (κ1) is 10.4. The van der Waals surface area contributed by atoms with E-state index in [1.807, 2.05) is 6.07 Å². The summed E-state index contributed by atoms with van der Waals surface area (Å²) in [7, 11) is 0. The second-order valence-electron chi connectivity index (χ2n) is 3.87. The number of nitro groups is 1. The van der Waals surface area contributed by atoms with Crippen LogP contribution in [0.15, 0.2) is 18.2 Å². The summed E-state index contributed by atoms with van der Waals surface area (Å²) < 4.78 is 0. The van der Waals surface area contributed by atoms with Gasteiger partial charge in [-0.1, -0.05) is 0 Å². The van der Waals surface area contributed by atoms with E-state index in [9.17, 15) is 10.1 Å². The Morgan fingerprint density at radius 1 is 1.50 bits per heavy atom. The van der Waals surface area contributed by atoms with Gasteiger partial charge in [-0.15, -0.1) is 0 Å². The van der Waals surface area contributed by atoms with Crippen LogP contribution in [-0.2, 0) is 0 Å². The van der Waals surface area contributed by atoms with Crippen molar-refractivity contribution in [2.75, 3.05) is 5.32 Å². The van der Waals surface area contributed by atoms with E-state index in [1.54, 1.807) is 6.07 Å². The van der Waals surface area contributed by atoms with Gasteiger partial charge in [0.05, 0.1) is 16.2 Å². The van der Waals surface area contributed by atoms with Crippen LogP contribution < -0.4 is 5.32 Å². The molecule has 1 fully saturated rings. The van der Waals surface area contributed by atoms with Crippen molar-refractivity contribution < 1.29 is 4.92 Å². The van der Waals surface area contributed by atoms with Crippen LogP contribution >= 0.6 is 0 Å². The third kappa shape index (κ3) is 1.96. The summed E-state index contributed by atoms with van der Waals surface area (Å²) in [6.45, 7) is 0. The molecule has 0 saturated heterocycles. The van der Waals surface area contributed by atoms with E-state index in [2.05, 4.69) is 5.32 Å². The highest BCUT2D eigenvalue weighted by Gasteiger charge is 2.19. The SMILES string of the molecule is N#Cc1cc([N+](=O)[O-])ccc1NC1CCC1. The highest BCUT2D eigenvalue weighted by Crippen LogP contribution is 2.27. The van der Waals surface area contributed by atoms with Crippen LogP contribution in [0.2, 0.25) is 0 Å². The van der Waals surface area contributed by atoms with Crippen molar-refractivity contribution in [3.05, 3.63) is 33.9 Å². The average molecular weight is 217 g/mol. The Balaban J connectivity index is 2.24. The Morgan fingerprint density at radius 2 is 2.25 bits per heavy atom. The quantitative estimate of drug-likeness (QED) is 0.622. The van der Waals surface area contributed by atoms with Gasteiger partial charge in [-0.2, -0.15) is 5.26 Å². The van der Waals surface area contributed by atoms with Crippen LogP contribution in [-0.4, -0.2) is 11.0 Å². The second kappa shape index (κ2) is 4.19. The zero-order valence-electron chi connectivity index (χ0n) is 8.64. The number of non-ortho nitro benzene ring substituents is 1. The van der Waals surface area contributed by atoms with Gasteiger partial charge in [0.25, 0.3) is 5.69 Å². The number of rotatable bonds is 3. The Bertz CT molecular complexity index is 461. The molecule has 0 aromatic heterocycles. The van der Waals surface area contributed by atoms with Gasteiger partial charge in [0.15, 0.2) is 0 Å². The highest BCUT2D eigenvalue weighted by atomic mass is 16.6. The topological polar surface area (TPSA) is 79.0 Å². The molecule has 1 N–H and O–H groups in total. The van der Waals surface area contributed by atoms with Crippen LogP contribution in [0, 0.1) is 21.4 Å². The molecule has 1 aliphatic carbocycles. The lowest BCUT2D eigenvalue weighted by Gasteiger charge is -2.27. The number of hydrogen-bond acceptors (Lipinski definition) is 4. The van der Waals surface area contributed by atoms with Crippen LogP contribution in [0.3, 0.4) is 0 Å². The van der Waals surface area contributed by atoms with Crippen LogP contribution in [0.5, 0.6) is 0 Å².